The first kappa shape index (κ1) is 19.8. The second kappa shape index (κ2) is 7.96. The third-order valence-corrected chi connectivity index (χ3v) is 6.89. The molecule has 0 aromatic heterocycles. The normalized spacial score (nSPS) is 15.6. The maximum Gasteiger partial charge on any atom is 0.247 e. The molecule has 3 rings (SSSR count). The van der Waals surface area contributed by atoms with Gasteiger partial charge in [-0.3, -0.25) is 0 Å². The fourth-order valence-corrected chi connectivity index (χ4v) is 4.98. The van der Waals surface area contributed by atoms with Crippen molar-refractivity contribution in [3.63, 3.8) is 0 Å². The van der Waals surface area contributed by atoms with Gasteiger partial charge in [0.2, 0.25) is 10.0 Å². The van der Waals surface area contributed by atoms with Crippen LogP contribution in [0.25, 0.3) is 0 Å². The van der Waals surface area contributed by atoms with Gasteiger partial charge in [-0.15, -0.1) is 0 Å². The van der Waals surface area contributed by atoms with Crippen molar-refractivity contribution in [2.45, 2.75) is 11.8 Å². The SMILES string of the molecule is COc1ccc(OC)c(S(=O)(=O)N2CCN(c3cc(Cl)ccc3C)CC2)c1. The van der Waals surface area contributed by atoms with Crippen LogP contribution in [0.1, 0.15) is 5.56 Å². The third-order valence-electron chi connectivity index (χ3n) is 4.74. The van der Waals surface area contributed by atoms with Gasteiger partial charge < -0.3 is 14.4 Å². The van der Waals surface area contributed by atoms with Crippen LogP contribution < -0.4 is 14.4 Å². The maximum atomic E-state index is 13.2. The molecule has 6 nitrogen and oxygen atoms in total. The molecule has 0 N–H and O–H groups in total. The fraction of sp³-hybridized carbons (Fsp3) is 0.368. The van der Waals surface area contributed by atoms with Crippen molar-refractivity contribution in [2.75, 3.05) is 45.3 Å². The van der Waals surface area contributed by atoms with Gasteiger partial charge in [-0.25, -0.2) is 8.42 Å². The second-order valence-electron chi connectivity index (χ2n) is 6.34. The average Bonchev–Trinajstić information content (AvgIpc) is 2.69. The van der Waals surface area contributed by atoms with Gasteiger partial charge in [0.25, 0.3) is 0 Å². The predicted octanol–water partition coefficient (Wildman–Crippen LogP) is 3.18. The molecule has 1 fully saturated rings. The summed E-state index contributed by atoms with van der Waals surface area (Å²) in [6, 6.07) is 10.5. The molecule has 1 saturated heterocycles. The molecular weight excluding hydrogens is 388 g/mol. The zero-order valence-corrected chi connectivity index (χ0v) is 17.2. The molecule has 0 unspecified atom stereocenters. The summed E-state index contributed by atoms with van der Waals surface area (Å²) in [6.07, 6.45) is 0. The van der Waals surface area contributed by atoms with Crippen LogP contribution in [0.4, 0.5) is 5.69 Å². The van der Waals surface area contributed by atoms with Gasteiger partial charge in [0.1, 0.15) is 16.4 Å². The molecule has 0 aliphatic carbocycles. The van der Waals surface area contributed by atoms with Crippen LogP contribution in [0.3, 0.4) is 0 Å². The molecule has 1 aliphatic heterocycles. The lowest BCUT2D eigenvalue weighted by molar-refractivity contribution is 0.370. The van der Waals surface area contributed by atoms with Crippen molar-refractivity contribution in [1.82, 2.24) is 4.31 Å². The van der Waals surface area contributed by atoms with E-state index in [1.54, 1.807) is 12.1 Å². The van der Waals surface area contributed by atoms with E-state index in [-0.39, 0.29) is 4.90 Å². The van der Waals surface area contributed by atoms with E-state index in [1.165, 1.54) is 24.6 Å². The van der Waals surface area contributed by atoms with Crippen molar-refractivity contribution < 1.29 is 17.9 Å². The molecule has 8 heteroatoms. The Bertz CT molecular complexity index is 925. The Morgan fingerprint density at radius 1 is 0.963 bits per heavy atom. The summed E-state index contributed by atoms with van der Waals surface area (Å²) in [4.78, 5) is 2.28. The van der Waals surface area contributed by atoms with Crippen molar-refractivity contribution >= 4 is 27.3 Å². The molecule has 1 heterocycles. The Labute approximate surface area is 165 Å². The van der Waals surface area contributed by atoms with Gasteiger partial charge in [0.05, 0.1) is 14.2 Å². The Balaban J connectivity index is 1.82. The lowest BCUT2D eigenvalue weighted by atomic mass is 10.1. The molecule has 0 bridgehead atoms. The molecule has 1 aliphatic rings. The minimum absolute atomic E-state index is 0.122. The molecule has 27 heavy (non-hydrogen) atoms. The van der Waals surface area contributed by atoms with Crippen molar-refractivity contribution in [3.8, 4) is 11.5 Å². The summed E-state index contributed by atoms with van der Waals surface area (Å²) >= 11 is 6.12. The van der Waals surface area contributed by atoms with E-state index in [2.05, 4.69) is 4.90 Å². The van der Waals surface area contributed by atoms with Gasteiger partial charge in [-0.1, -0.05) is 17.7 Å². The van der Waals surface area contributed by atoms with Gasteiger partial charge in [0.15, 0.2) is 0 Å². The van der Waals surface area contributed by atoms with Crippen molar-refractivity contribution in [2.24, 2.45) is 0 Å². The van der Waals surface area contributed by atoms with Crippen LogP contribution in [0.2, 0.25) is 5.02 Å². The summed E-state index contributed by atoms with van der Waals surface area (Å²) < 4.78 is 38.2. The first-order valence-electron chi connectivity index (χ1n) is 8.60. The summed E-state index contributed by atoms with van der Waals surface area (Å²) in [5.74, 6) is 0.784. The van der Waals surface area contributed by atoms with E-state index < -0.39 is 10.0 Å². The van der Waals surface area contributed by atoms with E-state index in [4.69, 9.17) is 21.1 Å². The fourth-order valence-electron chi connectivity index (χ4n) is 3.22. The van der Waals surface area contributed by atoms with E-state index >= 15 is 0 Å². The number of rotatable bonds is 5. The highest BCUT2D eigenvalue weighted by molar-refractivity contribution is 7.89. The Morgan fingerprint density at radius 3 is 2.30 bits per heavy atom. The van der Waals surface area contributed by atoms with Crippen LogP contribution in [-0.2, 0) is 10.0 Å². The summed E-state index contributed by atoms with van der Waals surface area (Å²) in [7, 11) is -0.722. The molecule has 2 aromatic rings. The highest BCUT2D eigenvalue weighted by Crippen LogP contribution is 2.32. The highest BCUT2D eigenvalue weighted by atomic mass is 35.5. The van der Waals surface area contributed by atoms with Gasteiger partial charge in [-0.2, -0.15) is 4.31 Å². The Kier molecular flexibility index (Phi) is 5.83. The van der Waals surface area contributed by atoms with E-state index in [0.717, 1.165) is 11.3 Å². The molecule has 0 atom stereocenters. The Hall–Kier alpha value is -1.96. The van der Waals surface area contributed by atoms with Gasteiger partial charge in [-0.05, 0) is 36.8 Å². The van der Waals surface area contributed by atoms with E-state index in [1.807, 2.05) is 25.1 Å². The lowest BCUT2D eigenvalue weighted by Crippen LogP contribution is -2.48. The zero-order valence-electron chi connectivity index (χ0n) is 15.6. The average molecular weight is 411 g/mol. The summed E-state index contributed by atoms with van der Waals surface area (Å²) in [6.45, 7) is 3.97. The summed E-state index contributed by atoms with van der Waals surface area (Å²) in [5, 5.41) is 0.673. The number of anilines is 1. The molecule has 2 aromatic carbocycles. The van der Waals surface area contributed by atoms with E-state index in [0.29, 0.717) is 42.7 Å². The standard InChI is InChI=1S/C19H23ClN2O4S/c1-14-4-5-15(20)12-17(14)21-8-10-22(11-9-21)27(23,24)19-13-16(25-2)6-7-18(19)26-3/h4-7,12-13H,8-11H2,1-3H3. The number of methoxy groups -OCH3 is 2. The van der Waals surface area contributed by atoms with Gasteiger partial charge in [0, 0.05) is 43.0 Å². The number of halogens is 1. The topological polar surface area (TPSA) is 59.1 Å². The van der Waals surface area contributed by atoms with E-state index in [9.17, 15) is 8.42 Å². The molecule has 0 amide bonds. The van der Waals surface area contributed by atoms with Crippen LogP contribution in [-0.4, -0.2) is 53.1 Å². The minimum Gasteiger partial charge on any atom is -0.497 e. The van der Waals surface area contributed by atoms with Crippen LogP contribution in [0.15, 0.2) is 41.3 Å². The van der Waals surface area contributed by atoms with Crippen molar-refractivity contribution in [1.29, 1.82) is 0 Å². The number of ether oxygens (including phenoxy) is 2. The first-order chi connectivity index (χ1) is 12.9. The zero-order chi connectivity index (χ0) is 19.6. The summed E-state index contributed by atoms with van der Waals surface area (Å²) in [5.41, 5.74) is 2.16. The maximum absolute atomic E-state index is 13.2. The third kappa shape index (κ3) is 4.00. The minimum atomic E-state index is -3.69. The highest BCUT2D eigenvalue weighted by Gasteiger charge is 2.31. The molecular formula is C19H23ClN2O4S. The number of sulfonamides is 1. The molecule has 0 saturated carbocycles. The number of aryl methyl sites for hydroxylation is 1. The number of hydrogen-bond acceptors (Lipinski definition) is 5. The van der Waals surface area contributed by atoms with Gasteiger partial charge >= 0.3 is 0 Å². The number of nitrogens with zero attached hydrogens (tertiary/aromatic N) is 2. The van der Waals surface area contributed by atoms with Crippen LogP contribution in [0.5, 0.6) is 11.5 Å². The lowest BCUT2D eigenvalue weighted by Gasteiger charge is -2.36. The number of hydrogen-bond donors (Lipinski definition) is 0. The number of benzene rings is 2. The molecule has 146 valence electrons. The smallest absolute Gasteiger partial charge is 0.247 e. The van der Waals surface area contributed by atoms with Crippen LogP contribution in [0, 0.1) is 6.92 Å². The second-order valence-corrected chi connectivity index (χ2v) is 8.68. The quantitative estimate of drug-likeness (QED) is 0.757. The monoisotopic (exact) mass is 410 g/mol. The van der Waals surface area contributed by atoms with Crippen molar-refractivity contribution in [3.05, 3.63) is 47.0 Å². The first-order valence-corrected chi connectivity index (χ1v) is 10.4. The molecule has 0 radical (unpaired) electrons. The Morgan fingerprint density at radius 2 is 1.67 bits per heavy atom. The largest absolute Gasteiger partial charge is 0.497 e. The van der Waals surface area contributed by atoms with Crippen LogP contribution >= 0.6 is 11.6 Å². The number of piperazine rings is 1. The predicted molar refractivity (Wildman–Crippen MR) is 107 cm³/mol. The molecule has 0 spiro atoms.